The maximum Gasteiger partial charge on any atom is 0.281 e. The van der Waals surface area contributed by atoms with Gasteiger partial charge in [-0.1, -0.05) is 5.16 Å². The van der Waals surface area contributed by atoms with Gasteiger partial charge in [-0.25, -0.2) is 4.39 Å². The fourth-order valence-corrected chi connectivity index (χ4v) is 2.80. The molecular formula is C17H15FN2O5. The second kappa shape index (κ2) is 6.40. The van der Waals surface area contributed by atoms with Gasteiger partial charge in [0.1, 0.15) is 17.3 Å². The van der Waals surface area contributed by atoms with Gasteiger partial charge in [0.25, 0.3) is 5.91 Å². The van der Waals surface area contributed by atoms with Gasteiger partial charge in [-0.15, -0.1) is 0 Å². The Morgan fingerprint density at radius 2 is 1.96 bits per heavy atom. The molecule has 130 valence electrons. The number of anilines is 1. The lowest BCUT2D eigenvalue weighted by atomic mass is 10.1. The Bertz CT molecular complexity index is 882. The number of hydrogen-bond donors (Lipinski definition) is 3. The Balaban J connectivity index is 2.05. The molecule has 1 aliphatic rings. The molecular weight excluding hydrogens is 331 g/mol. The standard InChI is InChI=1S/C17H15FN2O5/c1-25-12-2-3-14-13(6-12)15(19-24)17(23)20(14)7-9-4-11(18)5-10(8-21)16(9)22/h2-6,21-22,24H,7-8H2,1H3/b19-15-. The number of aliphatic hydroxyl groups is 1. The number of amides is 1. The highest BCUT2D eigenvalue weighted by Gasteiger charge is 2.35. The fourth-order valence-electron chi connectivity index (χ4n) is 2.80. The molecule has 1 aliphatic heterocycles. The number of oxime groups is 1. The molecule has 0 spiro atoms. The van der Waals surface area contributed by atoms with Crippen LogP contribution in [0.4, 0.5) is 10.1 Å². The van der Waals surface area contributed by atoms with Crippen LogP contribution in [-0.2, 0) is 17.9 Å². The molecule has 0 aliphatic carbocycles. The van der Waals surface area contributed by atoms with Crippen LogP contribution in [0, 0.1) is 5.82 Å². The summed E-state index contributed by atoms with van der Waals surface area (Å²) in [5.41, 5.74) is 0.774. The van der Waals surface area contributed by atoms with E-state index in [2.05, 4.69) is 5.16 Å². The first-order valence-electron chi connectivity index (χ1n) is 7.33. The van der Waals surface area contributed by atoms with Crippen molar-refractivity contribution in [2.75, 3.05) is 12.0 Å². The summed E-state index contributed by atoms with van der Waals surface area (Å²) in [6, 6.07) is 6.88. The van der Waals surface area contributed by atoms with Gasteiger partial charge in [-0.2, -0.15) is 0 Å². The number of nitrogens with zero attached hydrogens (tertiary/aromatic N) is 2. The van der Waals surface area contributed by atoms with Crippen molar-refractivity contribution in [3.05, 3.63) is 52.8 Å². The molecule has 0 atom stereocenters. The molecule has 1 heterocycles. The molecule has 0 aromatic heterocycles. The molecule has 0 bridgehead atoms. The van der Waals surface area contributed by atoms with E-state index in [9.17, 15) is 19.4 Å². The minimum Gasteiger partial charge on any atom is -0.507 e. The van der Waals surface area contributed by atoms with Gasteiger partial charge in [0, 0.05) is 16.7 Å². The van der Waals surface area contributed by atoms with E-state index in [0.29, 0.717) is 17.0 Å². The van der Waals surface area contributed by atoms with Crippen molar-refractivity contribution in [3.63, 3.8) is 0 Å². The smallest absolute Gasteiger partial charge is 0.281 e. The quantitative estimate of drug-likeness (QED) is 0.578. The number of carbonyl (C=O) groups is 1. The monoisotopic (exact) mass is 346 g/mol. The van der Waals surface area contributed by atoms with Crippen LogP contribution in [0.5, 0.6) is 11.5 Å². The van der Waals surface area contributed by atoms with E-state index in [1.54, 1.807) is 18.2 Å². The lowest BCUT2D eigenvalue weighted by molar-refractivity contribution is -0.112. The van der Waals surface area contributed by atoms with Crippen LogP contribution < -0.4 is 9.64 Å². The van der Waals surface area contributed by atoms with Crippen LogP contribution in [-0.4, -0.2) is 34.1 Å². The van der Waals surface area contributed by atoms with E-state index >= 15 is 0 Å². The number of ether oxygens (including phenoxy) is 1. The Labute approximate surface area is 142 Å². The van der Waals surface area contributed by atoms with Crippen LogP contribution in [0.3, 0.4) is 0 Å². The number of carbonyl (C=O) groups excluding carboxylic acids is 1. The number of hydrogen-bond acceptors (Lipinski definition) is 6. The van der Waals surface area contributed by atoms with E-state index in [1.807, 2.05) is 0 Å². The number of halogens is 1. The van der Waals surface area contributed by atoms with E-state index in [-0.39, 0.29) is 29.1 Å². The van der Waals surface area contributed by atoms with E-state index in [4.69, 9.17) is 9.94 Å². The van der Waals surface area contributed by atoms with Gasteiger partial charge in [0.05, 0.1) is 25.9 Å². The zero-order valence-corrected chi connectivity index (χ0v) is 13.2. The minimum atomic E-state index is -0.644. The Kier molecular flexibility index (Phi) is 4.28. The summed E-state index contributed by atoms with van der Waals surface area (Å²) in [7, 11) is 1.47. The van der Waals surface area contributed by atoms with Crippen LogP contribution in [0.25, 0.3) is 0 Å². The second-order valence-electron chi connectivity index (χ2n) is 5.45. The number of methoxy groups -OCH3 is 1. The zero-order valence-electron chi connectivity index (χ0n) is 13.2. The van der Waals surface area contributed by atoms with E-state index in [1.165, 1.54) is 12.0 Å². The molecule has 25 heavy (non-hydrogen) atoms. The number of phenols is 1. The van der Waals surface area contributed by atoms with Gasteiger partial charge in [0.2, 0.25) is 0 Å². The lowest BCUT2D eigenvalue weighted by Gasteiger charge is -2.19. The molecule has 2 aromatic carbocycles. The molecule has 2 aromatic rings. The van der Waals surface area contributed by atoms with Gasteiger partial charge in [-0.05, 0) is 30.3 Å². The van der Waals surface area contributed by atoms with Crippen molar-refractivity contribution in [3.8, 4) is 11.5 Å². The summed E-state index contributed by atoms with van der Waals surface area (Å²) < 4.78 is 18.8. The average Bonchev–Trinajstić information content (AvgIpc) is 2.88. The van der Waals surface area contributed by atoms with Gasteiger partial charge in [-0.3, -0.25) is 4.79 Å². The van der Waals surface area contributed by atoms with Crippen molar-refractivity contribution in [2.45, 2.75) is 13.2 Å². The SMILES string of the molecule is COc1ccc2c(c1)/C(=N/O)C(=O)N2Cc1cc(F)cc(CO)c1O. The van der Waals surface area contributed by atoms with Gasteiger partial charge >= 0.3 is 0 Å². The summed E-state index contributed by atoms with van der Waals surface area (Å²) in [4.78, 5) is 13.8. The highest BCUT2D eigenvalue weighted by atomic mass is 19.1. The third-order valence-electron chi connectivity index (χ3n) is 4.03. The van der Waals surface area contributed by atoms with Crippen LogP contribution in [0.1, 0.15) is 16.7 Å². The van der Waals surface area contributed by atoms with Gasteiger partial charge < -0.3 is 25.1 Å². The first kappa shape index (κ1) is 16.7. The molecule has 0 saturated carbocycles. The lowest BCUT2D eigenvalue weighted by Crippen LogP contribution is -2.29. The molecule has 3 N–H and O–H groups in total. The summed E-state index contributed by atoms with van der Waals surface area (Å²) in [6.45, 7) is -0.699. The summed E-state index contributed by atoms with van der Waals surface area (Å²) in [5.74, 6) is -1.05. The third-order valence-corrected chi connectivity index (χ3v) is 4.03. The van der Waals surface area contributed by atoms with Crippen LogP contribution >= 0.6 is 0 Å². The number of rotatable bonds is 4. The van der Waals surface area contributed by atoms with Crippen molar-refractivity contribution < 1.29 is 29.3 Å². The number of aromatic hydroxyl groups is 1. The normalized spacial score (nSPS) is 14.9. The predicted molar refractivity (Wildman–Crippen MR) is 86.5 cm³/mol. The highest BCUT2D eigenvalue weighted by Crippen LogP contribution is 2.35. The van der Waals surface area contributed by atoms with E-state index < -0.39 is 18.3 Å². The largest absolute Gasteiger partial charge is 0.507 e. The summed E-state index contributed by atoms with van der Waals surface area (Å²) >= 11 is 0. The van der Waals surface area contributed by atoms with Crippen molar-refractivity contribution >= 4 is 17.3 Å². The van der Waals surface area contributed by atoms with Crippen molar-refractivity contribution in [2.24, 2.45) is 5.16 Å². The molecule has 1 amide bonds. The molecule has 0 saturated heterocycles. The zero-order chi connectivity index (χ0) is 18.1. The Morgan fingerprint density at radius 3 is 2.60 bits per heavy atom. The Morgan fingerprint density at radius 1 is 1.24 bits per heavy atom. The minimum absolute atomic E-state index is 0.0210. The average molecular weight is 346 g/mol. The van der Waals surface area contributed by atoms with Crippen LogP contribution in [0.15, 0.2) is 35.5 Å². The molecule has 7 nitrogen and oxygen atoms in total. The maximum atomic E-state index is 13.7. The molecule has 0 fully saturated rings. The molecule has 0 radical (unpaired) electrons. The Hall–Kier alpha value is -3.13. The third kappa shape index (κ3) is 2.76. The predicted octanol–water partition coefficient (Wildman–Crippen LogP) is 1.76. The fraction of sp³-hybridized carbons (Fsp3) is 0.176. The number of aliphatic hydroxyl groups excluding tert-OH is 1. The summed E-state index contributed by atoms with van der Waals surface area (Å²) in [6.07, 6.45) is 0. The highest BCUT2D eigenvalue weighted by molar-refractivity contribution is 6.54. The topological polar surface area (TPSA) is 103 Å². The summed E-state index contributed by atoms with van der Waals surface area (Å²) in [5, 5.41) is 31.6. The van der Waals surface area contributed by atoms with Crippen molar-refractivity contribution in [1.29, 1.82) is 0 Å². The molecule has 8 heteroatoms. The van der Waals surface area contributed by atoms with Crippen LogP contribution in [0.2, 0.25) is 0 Å². The number of benzene rings is 2. The van der Waals surface area contributed by atoms with Gasteiger partial charge in [0.15, 0.2) is 5.71 Å². The van der Waals surface area contributed by atoms with E-state index in [0.717, 1.165) is 12.1 Å². The molecule has 0 unspecified atom stereocenters. The van der Waals surface area contributed by atoms with Crippen molar-refractivity contribution in [1.82, 2.24) is 0 Å². The maximum absolute atomic E-state index is 13.7. The number of fused-ring (bicyclic) bond motifs is 1. The first-order valence-corrected chi connectivity index (χ1v) is 7.33. The molecule has 3 rings (SSSR count). The first-order chi connectivity index (χ1) is 12.0. The second-order valence-corrected chi connectivity index (χ2v) is 5.45.